The van der Waals surface area contributed by atoms with Crippen LogP contribution in [0.5, 0.6) is 0 Å². The lowest BCUT2D eigenvalue weighted by molar-refractivity contribution is -0.139. The molecule has 202 valence electrons. The molecule has 2 N–H and O–H groups in total. The first kappa shape index (κ1) is 28.5. The van der Waals surface area contributed by atoms with E-state index in [0.717, 1.165) is 11.1 Å². The molecule has 0 spiro atoms. The number of nitrogens with one attached hydrogen (secondary N) is 1. The molecular formula is C33H30N2O4S. The van der Waals surface area contributed by atoms with Crippen molar-refractivity contribution < 1.29 is 19.5 Å². The second-order valence-electron chi connectivity index (χ2n) is 9.29. The first-order chi connectivity index (χ1) is 19.3. The zero-order valence-electron chi connectivity index (χ0n) is 22.4. The molecule has 6 nitrogen and oxygen atoms in total. The third-order valence-electron chi connectivity index (χ3n) is 6.65. The number of carbonyl (C=O) groups is 3. The van der Waals surface area contributed by atoms with Crippen molar-refractivity contribution in [3.8, 4) is 11.1 Å². The Balaban J connectivity index is 1.77. The lowest BCUT2D eigenvalue weighted by atomic mass is 9.89. The van der Waals surface area contributed by atoms with Gasteiger partial charge in [0.05, 0.1) is 0 Å². The molecule has 0 aliphatic carbocycles. The summed E-state index contributed by atoms with van der Waals surface area (Å²) in [4.78, 5) is 42.9. The van der Waals surface area contributed by atoms with Crippen molar-refractivity contribution in [1.82, 2.24) is 10.3 Å². The molecule has 0 radical (unpaired) electrons. The summed E-state index contributed by atoms with van der Waals surface area (Å²) < 4.78 is 0. The summed E-state index contributed by atoms with van der Waals surface area (Å²) in [7, 11) is 0. The van der Waals surface area contributed by atoms with Gasteiger partial charge in [0.25, 0.3) is 5.91 Å². The van der Waals surface area contributed by atoms with Gasteiger partial charge in [-0.2, -0.15) is 11.8 Å². The molecule has 0 aliphatic heterocycles. The topological polar surface area (TPSA) is 96.4 Å². The fourth-order valence-corrected chi connectivity index (χ4v) is 4.94. The number of hydrogen-bond donors (Lipinski definition) is 2. The molecular weight excluding hydrogens is 520 g/mol. The number of aryl methyl sites for hydroxylation is 1. The number of aliphatic carboxylic acids is 1. The Morgan fingerprint density at radius 2 is 1.62 bits per heavy atom. The molecule has 3 aromatic carbocycles. The smallest absolute Gasteiger partial charge is 0.326 e. The van der Waals surface area contributed by atoms with Crippen molar-refractivity contribution in [2.24, 2.45) is 0 Å². The zero-order valence-corrected chi connectivity index (χ0v) is 23.2. The predicted molar refractivity (Wildman–Crippen MR) is 161 cm³/mol. The number of hydrogen-bond acceptors (Lipinski definition) is 5. The van der Waals surface area contributed by atoms with Gasteiger partial charge in [-0.05, 0) is 71.4 Å². The number of aromatic nitrogens is 1. The Morgan fingerprint density at radius 3 is 2.33 bits per heavy atom. The normalized spacial score (nSPS) is 11.4. The van der Waals surface area contributed by atoms with E-state index in [1.807, 2.05) is 55.6 Å². The van der Waals surface area contributed by atoms with E-state index in [0.29, 0.717) is 45.6 Å². The molecule has 0 fully saturated rings. The van der Waals surface area contributed by atoms with E-state index in [4.69, 9.17) is 0 Å². The number of carboxylic acid groups (broad SMARTS) is 1. The SMILES string of the molecule is C=C(c1ccc(C(=O)NC(CCSC)C(=O)O)c(-c2ccccc2C)c1)c1cccnc1C(=O)c1ccccc1. The highest BCUT2D eigenvalue weighted by atomic mass is 32.2. The van der Waals surface area contributed by atoms with Crippen molar-refractivity contribution >= 4 is 35.0 Å². The lowest BCUT2D eigenvalue weighted by Gasteiger charge is -2.18. The van der Waals surface area contributed by atoms with Crippen LogP contribution in [0, 0.1) is 6.92 Å². The van der Waals surface area contributed by atoms with Gasteiger partial charge >= 0.3 is 5.97 Å². The molecule has 4 rings (SSSR count). The minimum atomic E-state index is -1.07. The summed E-state index contributed by atoms with van der Waals surface area (Å²) in [6.45, 7) is 6.25. The van der Waals surface area contributed by atoms with Gasteiger partial charge in [0.1, 0.15) is 11.7 Å². The van der Waals surface area contributed by atoms with Gasteiger partial charge in [0.2, 0.25) is 5.78 Å². The maximum Gasteiger partial charge on any atom is 0.326 e. The summed E-state index contributed by atoms with van der Waals surface area (Å²) in [5, 5.41) is 12.3. The fraction of sp³-hybridized carbons (Fsp3) is 0.152. The molecule has 1 unspecified atom stereocenters. The number of pyridine rings is 1. The van der Waals surface area contributed by atoms with Crippen LogP contribution in [-0.4, -0.2) is 45.8 Å². The van der Waals surface area contributed by atoms with Crippen LogP contribution in [0.3, 0.4) is 0 Å². The quantitative estimate of drug-likeness (QED) is 0.213. The van der Waals surface area contributed by atoms with Crippen molar-refractivity contribution in [1.29, 1.82) is 0 Å². The van der Waals surface area contributed by atoms with Crippen LogP contribution < -0.4 is 5.32 Å². The second kappa shape index (κ2) is 13.0. The van der Waals surface area contributed by atoms with Gasteiger partial charge in [-0.3, -0.25) is 14.6 Å². The highest BCUT2D eigenvalue weighted by Crippen LogP contribution is 2.33. The van der Waals surface area contributed by atoms with Crippen LogP contribution in [0.25, 0.3) is 16.7 Å². The summed E-state index contributed by atoms with van der Waals surface area (Å²) in [5.74, 6) is -1.14. The van der Waals surface area contributed by atoms with E-state index >= 15 is 0 Å². The standard InChI is InChI=1S/C33H30N2O4S/c1-21-10-7-8-13-25(21)28-20-24(15-16-27(28)32(37)35-29(33(38)39)17-19-40-3)22(2)26-14-9-18-34-30(26)31(36)23-11-5-4-6-12-23/h4-16,18,20,29H,2,17,19H2,1,3H3,(H,35,37)(H,38,39). The highest BCUT2D eigenvalue weighted by molar-refractivity contribution is 7.98. The van der Waals surface area contributed by atoms with Crippen molar-refractivity contribution in [2.75, 3.05) is 12.0 Å². The number of rotatable bonds is 11. The van der Waals surface area contributed by atoms with E-state index in [-0.39, 0.29) is 11.5 Å². The van der Waals surface area contributed by atoms with E-state index in [9.17, 15) is 19.5 Å². The number of thioether (sulfide) groups is 1. The number of amides is 1. The lowest BCUT2D eigenvalue weighted by Crippen LogP contribution is -2.41. The van der Waals surface area contributed by atoms with Crippen molar-refractivity contribution in [3.63, 3.8) is 0 Å². The Labute approximate surface area is 238 Å². The molecule has 0 saturated heterocycles. The number of benzene rings is 3. The average molecular weight is 551 g/mol. The largest absolute Gasteiger partial charge is 0.480 e. The molecule has 1 atom stereocenters. The monoisotopic (exact) mass is 550 g/mol. The molecule has 0 saturated carbocycles. The molecule has 1 amide bonds. The van der Waals surface area contributed by atoms with Gasteiger partial charge in [0.15, 0.2) is 0 Å². The summed E-state index contributed by atoms with van der Waals surface area (Å²) in [6, 6.07) is 24.5. The van der Waals surface area contributed by atoms with Crippen LogP contribution in [0.2, 0.25) is 0 Å². The van der Waals surface area contributed by atoms with Gasteiger partial charge in [-0.25, -0.2) is 4.79 Å². The maximum absolute atomic E-state index is 13.4. The van der Waals surface area contributed by atoms with E-state index in [1.54, 1.807) is 48.7 Å². The van der Waals surface area contributed by atoms with Gasteiger partial charge in [-0.1, -0.05) is 73.3 Å². The minimum Gasteiger partial charge on any atom is -0.480 e. The van der Waals surface area contributed by atoms with Crippen molar-refractivity contribution in [2.45, 2.75) is 19.4 Å². The Hall–Kier alpha value is -4.49. The molecule has 40 heavy (non-hydrogen) atoms. The van der Waals surface area contributed by atoms with Crippen LogP contribution in [0.4, 0.5) is 0 Å². The van der Waals surface area contributed by atoms with Crippen molar-refractivity contribution in [3.05, 3.63) is 131 Å². The summed E-state index contributed by atoms with van der Waals surface area (Å²) in [5.41, 5.74) is 5.49. The zero-order chi connectivity index (χ0) is 28.6. The Morgan fingerprint density at radius 1 is 0.900 bits per heavy atom. The van der Waals surface area contributed by atoms with Crippen LogP contribution >= 0.6 is 11.8 Å². The average Bonchev–Trinajstić information content (AvgIpc) is 2.98. The molecule has 1 heterocycles. The van der Waals surface area contributed by atoms with E-state index < -0.39 is 17.9 Å². The van der Waals surface area contributed by atoms with Gasteiger partial charge in [-0.15, -0.1) is 0 Å². The predicted octanol–water partition coefficient (Wildman–Crippen LogP) is 6.29. The first-order valence-electron chi connectivity index (χ1n) is 12.8. The van der Waals surface area contributed by atoms with E-state index in [1.165, 1.54) is 11.8 Å². The number of nitrogens with zero attached hydrogens (tertiary/aromatic N) is 1. The number of ketones is 1. The number of carboxylic acids is 1. The van der Waals surface area contributed by atoms with Gasteiger partial charge < -0.3 is 10.4 Å². The Bertz CT molecular complexity index is 1570. The highest BCUT2D eigenvalue weighted by Gasteiger charge is 2.24. The third kappa shape index (κ3) is 6.38. The first-order valence-corrected chi connectivity index (χ1v) is 14.2. The molecule has 4 aromatic rings. The molecule has 1 aromatic heterocycles. The summed E-state index contributed by atoms with van der Waals surface area (Å²) >= 11 is 1.52. The molecule has 0 aliphatic rings. The summed E-state index contributed by atoms with van der Waals surface area (Å²) in [6.07, 6.45) is 3.79. The Kier molecular flexibility index (Phi) is 9.30. The van der Waals surface area contributed by atoms with Crippen LogP contribution in [0.15, 0.2) is 97.7 Å². The molecule has 0 bridgehead atoms. The third-order valence-corrected chi connectivity index (χ3v) is 7.29. The van der Waals surface area contributed by atoms with Crippen LogP contribution in [-0.2, 0) is 4.79 Å². The maximum atomic E-state index is 13.4. The fourth-order valence-electron chi connectivity index (χ4n) is 4.47. The second-order valence-corrected chi connectivity index (χ2v) is 10.3. The van der Waals surface area contributed by atoms with E-state index in [2.05, 4.69) is 16.9 Å². The van der Waals surface area contributed by atoms with Crippen LogP contribution in [0.1, 0.15) is 49.5 Å². The molecule has 7 heteroatoms. The minimum absolute atomic E-state index is 0.211. The van der Waals surface area contributed by atoms with Gasteiger partial charge in [0, 0.05) is 22.9 Å². The number of carbonyl (C=O) groups excluding carboxylic acids is 2.